The molecule has 1 aliphatic rings. The third kappa shape index (κ3) is 3.91. The summed E-state index contributed by atoms with van der Waals surface area (Å²) >= 11 is 0. The van der Waals surface area contributed by atoms with Crippen LogP contribution in [0.2, 0.25) is 0 Å². The average Bonchev–Trinajstić information content (AvgIpc) is 2.61. The van der Waals surface area contributed by atoms with Crippen LogP contribution in [-0.4, -0.2) is 28.0 Å². The number of hydrogen-bond acceptors (Lipinski definition) is 3. The molecule has 0 radical (unpaired) electrons. The molecule has 24 heavy (non-hydrogen) atoms. The van der Waals surface area contributed by atoms with Crippen LogP contribution >= 0.6 is 0 Å². The predicted octanol–water partition coefficient (Wildman–Crippen LogP) is 2.93. The number of fused-ring (bicyclic) bond motifs is 1. The van der Waals surface area contributed by atoms with E-state index in [0.29, 0.717) is 5.69 Å². The maximum absolute atomic E-state index is 12.3. The first kappa shape index (κ1) is 16.4. The minimum absolute atomic E-state index is 0.0508. The first-order chi connectivity index (χ1) is 11.6. The number of carboxylic acids is 1. The minimum atomic E-state index is -1.02. The van der Waals surface area contributed by atoms with Crippen LogP contribution in [0.1, 0.15) is 37.8 Å². The van der Waals surface area contributed by atoms with Crippen LogP contribution in [0.5, 0.6) is 0 Å². The Kier molecular flexibility index (Phi) is 5.08. The number of nitrogens with one attached hydrogen (secondary N) is 1. The summed E-state index contributed by atoms with van der Waals surface area (Å²) in [7, 11) is 0. The first-order valence-corrected chi connectivity index (χ1v) is 8.51. The predicted molar refractivity (Wildman–Crippen MR) is 91.6 cm³/mol. The number of aliphatic carboxylic acids is 1. The number of carboxylic acid groups (broad SMARTS) is 1. The number of pyridine rings is 1. The number of carbonyl (C=O) groups is 2. The maximum Gasteiger partial charge on any atom is 0.326 e. The van der Waals surface area contributed by atoms with E-state index in [2.05, 4.69) is 10.3 Å². The van der Waals surface area contributed by atoms with Crippen molar-refractivity contribution in [2.24, 2.45) is 5.92 Å². The lowest BCUT2D eigenvalue weighted by Crippen LogP contribution is -2.45. The molecule has 1 aromatic carbocycles. The summed E-state index contributed by atoms with van der Waals surface area (Å²) in [6, 6.07) is 10.5. The molecule has 0 bridgehead atoms. The highest BCUT2D eigenvalue weighted by Gasteiger charge is 2.26. The molecule has 2 N–H and O–H groups in total. The number of amides is 1. The molecule has 3 rings (SSSR count). The molecule has 5 heteroatoms. The van der Waals surface area contributed by atoms with Crippen LogP contribution in [0.25, 0.3) is 10.9 Å². The van der Waals surface area contributed by atoms with E-state index in [9.17, 15) is 14.7 Å². The summed E-state index contributed by atoms with van der Waals surface area (Å²) in [6.07, 6.45) is 5.15. The Balaban J connectivity index is 1.70. The SMILES string of the molecule is O=C(N[C@H](Cc1ccc2ccccc2n1)C(=O)O)C1CCCCC1. The number of carbonyl (C=O) groups excluding carboxylic acids is 1. The van der Waals surface area contributed by atoms with E-state index in [1.807, 2.05) is 36.4 Å². The van der Waals surface area contributed by atoms with Gasteiger partial charge in [0.25, 0.3) is 0 Å². The van der Waals surface area contributed by atoms with Crippen LogP contribution < -0.4 is 5.32 Å². The zero-order chi connectivity index (χ0) is 16.9. The summed E-state index contributed by atoms with van der Waals surface area (Å²) in [5.41, 5.74) is 1.50. The Labute approximate surface area is 141 Å². The van der Waals surface area contributed by atoms with Gasteiger partial charge < -0.3 is 10.4 Å². The highest BCUT2D eigenvalue weighted by atomic mass is 16.4. The minimum Gasteiger partial charge on any atom is -0.480 e. The van der Waals surface area contributed by atoms with E-state index in [1.54, 1.807) is 0 Å². The third-order valence-corrected chi connectivity index (χ3v) is 4.66. The molecule has 1 aromatic heterocycles. The van der Waals surface area contributed by atoms with Crippen LogP contribution in [0.4, 0.5) is 0 Å². The van der Waals surface area contributed by atoms with Gasteiger partial charge in [-0.05, 0) is 25.0 Å². The van der Waals surface area contributed by atoms with E-state index >= 15 is 0 Å². The Morgan fingerprint density at radius 2 is 1.88 bits per heavy atom. The molecule has 1 heterocycles. The van der Waals surface area contributed by atoms with Crippen molar-refractivity contribution in [3.8, 4) is 0 Å². The second-order valence-electron chi connectivity index (χ2n) is 6.43. The van der Waals surface area contributed by atoms with Gasteiger partial charge in [0, 0.05) is 23.4 Å². The Morgan fingerprint density at radius 1 is 1.12 bits per heavy atom. The molecule has 5 nitrogen and oxygen atoms in total. The number of nitrogens with zero attached hydrogens (tertiary/aromatic N) is 1. The zero-order valence-electron chi connectivity index (χ0n) is 13.6. The number of rotatable bonds is 5. The fourth-order valence-corrected chi connectivity index (χ4v) is 3.29. The van der Waals surface area contributed by atoms with Crippen molar-refractivity contribution in [2.45, 2.75) is 44.6 Å². The van der Waals surface area contributed by atoms with Crippen LogP contribution in [-0.2, 0) is 16.0 Å². The lowest BCUT2D eigenvalue weighted by Gasteiger charge is -2.23. The Hall–Kier alpha value is -2.43. The molecule has 2 aromatic rings. The summed E-state index contributed by atoms with van der Waals surface area (Å²) in [6.45, 7) is 0. The topological polar surface area (TPSA) is 79.3 Å². The standard InChI is InChI=1S/C19H22N2O3/c22-18(14-7-2-1-3-8-14)21-17(19(23)24)12-15-11-10-13-6-4-5-9-16(13)20-15/h4-6,9-11,14,17H,1-3,7-8,12H2,(H,21,22)(H,23,24)/t17-/m1/s1. The van der Waals surface area contributed by atoms with Crippen LogP contribution in [0.15, 0.2) is 36.4 Å². The summed E-state index contributed by atoms with van der Waals surface area (Å²) in [5.74, 6) is -1.21. The summed E-state index contributed by atoms with van der Waals surface area (Å²) in [4.78, 5) is 28.4. The molecule has 0 spiro atoms. The van der Waals surface area contributed by atoms with Crippen molar-refractivity contribution >= 4 is 22.8 Å². The van der Waals surface area contributed by atoms with Gasteiger partial charge in [-0.2, -0.15) is 0 Å². The Bertz CT molecular complexity index is 738. The molecule has 0 saturated heterocycles. The summed E-state index contributed by atoms with van der Waals surface area (Å²) in [5, 5.41) is 13.2. The highest BCUT2D eigenvalue weighted by molar-refractivity contribution is 5.85. The van der Waals surface area contributed by atoms with Gasteiger partial charge in [-0.1, -0.05) is 43.5 Å². The van der Waals surface area contributed by atoms with Crippen molar-refractivity contribution < 1.29 is 14.7 Å². The molecule has 1 atom stereocenters. The van der Waals surface area contributed by atoms with Gasteiger partial charge in [-0.15, -0.1) is 0 Å². The molecular weight excluding hydrogens is 304 g/mol. The van der Waals surface area contributed by atoms with Gasteiger partial charge in [0.1, 0.15) is 6.04 Å². The van der Waals surface area contributed by atoms with E-state index in [0.717, 1.165) is 43.0 Å². The maximum atomic E-state index is 12.3. The number of para-hydroxylation sites is 1. The molecule has 1 aliphatic carbocycles. The normalized spacial score (nSPS) is 16.7. The van der Waals surface area contributed by atoms with Gasteiger partial charge in [0.2, 0.25) is 5.91 Å². The smallest absolute Gasteiger partial charge is 0.326 e. The fourth-order valence-electron chi connectivity index (χ4n) is 3.29. The second-order valence-corrected chi connectivity index (χ2v) is 6.43. The van der Waals surface area contributed by atoms with Crippen molar-refractivity contribution in [3.05, 3.63) is 42.1 Å². The van der Waals surface area contributed by atoms with Gasteiger partial charge in [-0.25, -0.2) is 4.79 Å². The molecule has 0 unspecified atom stereocenters. The van der Waals surface area contributed by atoms with Crippen LogP contribution in [0, 0.1) is 5.92 Å². The lowest BCUT2D eigenvalue weighted by molar-refractivity contribution is -0.142. The van der Waals surface area contributed by atoms with Crippen LogP contribution in [0.3, 0.4) is 0 Å². The van der Waals surface area contributed by atoms with Crippen molar-refractivity contribution in [2.75, 3.05) is 0 Å². The number of aromatic nitrogens is 1. The van der Waals surface area contributed by atoms with Gasteiger partial charge in [-0.3, -0.25) is 9.78 Å². The van der Waals surface area contributed by atoms with E-state index in [1.165, 1.54) is 0 Å². The second kappa shape index (κ2) is 7.43. The largest absolute Gasteiger partial charge is 0.480 e. The number of hydrogen-bond donors (Lipinski definition) is 2. The molecule has 1 fully saturated rings. The quantitative estimate of drug-likeness (QED) is 0.885. The van der Waals surface area contributed by atoms with Crippen molar-refractivity contribution in [1.29, 1.82) is 0 Å². The van der Waals surface area contributed by atoms with Gasteiger partial charge in [0.05, 0.1) is 5.52 Å². The van der Waals surface area contributed by atoms with Crippen molar-refractivity contribution in [1.82, 2.24) is 10.3 Å². The fraction of sp³-hybridized carbons (Fsp3) is 0.421. The third-order valence-electron chi connectivity index (χ3n) is 4.66. The van der Waals surface area contributed by atoms with E-state index < -0.39 is 12.0 Å². The Morgan fingerprint density at radius 3 is 2.62 bits per heavy atom. The molecule has 126 valence electrons. The molecular formula is C19H22N2O3. The van der Waals surface area contributed by atoms with E-state index in [4.69, 9.17) is 0 Å². The summed E-state index contributed by atoms with van der Waals surface area (Å²) < 4.78 is 0. The molecule has 1 saturated carbocycles. The van der Waals surface area contributed by atoms with Crippen molar-refractivity contribution in [3.63, 3.8) is 0 Å². The highest BCUT2D eigenvalue weighted by Crippen LogP contribution is 2.24. The average molecular weight is 326 g/mol. The van der Waals surface area contributed by atoms with Gasteiger partial charge >= 0.3 is 5.97 Å². The zero-order valence-corrected chi connectivity index (χ0v) is 13.6. The first-order valence-electron chi connectivity index (χ1n) is 8.51. The lowest BCUT2D eigenvalue weighted by atomic mass is 9.88. The van der Waals surface area contributed by atoms with E-state index in [-0.39, 0.29) is 18.2 Å². The van der Waals surface area contributed by atoms with Gasteiger partial charge in [0.15, 0.2) is 0 Å². The monoisotopic (exact) mass is 326 g/mol. The molecule has 0 aliphatic heterocycles. The number of benzene rings is 1. The molecule has 1 amide bonds.